The van der Waals surface area contributed by atoms with Crippen molar-refractivity contribution < 1.29 is 9.53 Å². The summed E-state index contributed by atoms with van der Waals surface area (Å²) in [5.74, 6) is 0.848. The fourth-order valence-corrected chi connectivity index (χ4v) is 4.90. The summed E-state index contributed by atoms with van der Waals surface area (Å²) in [6, 6.07) is 5.54. The SMILES string of the molecule is C=CC(=O)C1CCC(CCn2c(=O)ccc3cnc(C/C(C=C)=C/CCCOC(C)C)cc32)CC1.CC. The fourth-order valence-electron chi connectivity index (χ4n) is 4.90. The Labute approximate surface area is 223 Å². The van der Waals surface area contributed by atoms with E-state index in [9.17, 15) is 9.59 Å². The Morgan fingerprint density at radius 3 is 2.54 bits per heavy atom. The van der Waals surface area contributed by atoms with Crippen LogP contribution in [-0.2, 0) is 22.5 Å². The van der Waals surface area contributed by atoms with Crippen molar-refractivity contribution in [2.75, 3.05) is 6.61 Å². The molecule has 0 spiro atoms. The number of hydrogen-bond donors (Lipinski definition) is 0. The Morgan fingerprint density at radius 2 is 1.89 bits per heavy atom. The average molecular weight is 507 g/mol. The van der Waals surface area contributed by atoms with Crippen LogP contribution in [0.15, 0.2) is 66.1 Å². The van der Waals surface area contributed by atoms with Crippen molar-refractivity contribution in [2.45, 2.75) is 91.7 Å². The van der Waals surface area contributed by atoms with Gasteiger partial charge in [-0.25, -0.2) is 0 Å². The van der Waals surface area contributed by atoms with Crippen molar-refractivity contribution in [1.82, 2.24) is 9.55 Å². The van der Waals surface area contributed by atoms with Gasteiger partial charge in [0.2, 0.25) is 0 Å². The van der Waals surface area contributed by atoms with E-state index in [0.29, 0.717) is 18.9 Å². The number of ketones is 1. The Kier molecular flexibility index (Phi) is 13.3. The molecule has 0 bridgehead atoms. The highest BCUT2D eigenvalue weighted by Crippen LogP contribution is 2.32. The van der Waals surface area contributed by atoms with E-state index in [1.165, 1.54) is 6.08 Å². The third kappa shape index (κ3) is 9.55. The van der Waals surface area contributed by atoms with Gasteiger partial charge in [-0.05, 0) is 88.5 Å². The summed E-state index contributed by atoms with van der Waals surface area (Å²) in [7, 11) is 0. The molecule has 0 saturated heterocycles. The number of rotatable bonds is 13. The molecule has 2 aromatic heterocycles. The molecule has 37 heavy (non-hydrogen) atoms. The molecule has 0 aromatic carbocycles. The van der Waals surface area contributed by atoms with Gasteiger partial charge in [-0.2, -0.15) is 0 Å². The molecule has 0 radical (unpaired) electrons. The Morgan fingerprint density at radius 1 is 1.16 bits per heavy atom. The second-order valence-electron chi connectivity index (χ2n) is 9.89. The number of aryl methyl sites for hydroxylation is 1. The van der Waals surface area contributed by atoms with Crippen LogP contribution in [0.5, 0.6) is 0 Å². The number of aromatic nitrogens is 2. The van der Waals surface area contributed by atoms with Gasteiger partial charge in [0.05, 0.1) is 11.6 Å². The summed E-state index contributed by atoms with van der Waals surface area (Å²) in [6.07, 6.45) is 15.1. The fraction of sp³-hybridized carbons (Fsp3) is 0.531. The summed E-state index contributed by atoms with van der Waals surface area (Å²) >= 11 is 0. The summed E-state index contributed by atoms with van der Waals surface area (Å²) in [4.78, 5) is 29.3. The van der Waals surface area contributed by atoms with Gasteiger partial charge in [-0.3, -0.25) is 14.6 Å². The summed E-state index contributed by atoms with van der Waals surface area (Å²) in [5, 5.41) is 0.976. The first-order chi connectivity index (χ1) is 17.9. The first-order valence-electron chi connectivity index (χ1n) is 14.0. The van der Waals surface area contributed by atoms with Crippen molar-refractivity contribution in [3.8, 4) is 0 Å². The highest BCUT2D eigenvalue weighted by Gasteiger charge is 2.24. The number of hydrogen-bond acceptors (Lipinski definition) is 4. The number of carbonyl (C=O) groups excluding carboxylic acids is 1. The van der Waals surface area contributed by atoms with Crippen LogP contribution >= 0.6 is 0 Å². The molecular formula is C32H46N2O3. The second kappa shape index (κ2) is 16.1. The minimum Gasteiger partial charge on any atom is -0.379 e. The second-order valence-corrected chi connectivity index (χ2v) is 9.89. The van der Waals surface area contributed by atoms with Crippen molar-refractivity contribution in [2.24, 2.45) is 11.8 Å². The molecule has 0 unspecified atom stereocenters. The molecule has 0 amide bonds. The van der Waals surface area contributed by atoms with Crippen LogP contribution in [0, 0.1) is 11.8 Å². The standard InChI is InChI=1S/C30H40N2O3.C2H6/c1-5-23(9-7-8-18-35-22(3)4)19-27-20-28-26(21-31-27)14-15-30(34)32(28)17-16-24-10-12-25(13-11-24)29(33)6-2;1-2/h5-6,9,14-15,20-22,24-25H,1-2,7-8,10-13,16-19H2,3-4H3;1-2H3/b23-9+;. The van der Waals surface area contributed by atoms with Gasteiger partial charge < -0.3 is 9.30 Å². The molecule has 0 atom stereocenters. The average Bonchev–Trinajstić information content (AvgIpc) is 2.92. The van der Waals surface area contributed by atoms with Gasteiger partial charge in [0.15, 0.2) is 5.78 Å². The lowest BCUT2D eigenvalue weighted by atomic mass is 9.79. The monoisotopic (exact) mass is 506 g/mol. The van der Waals surface area contributed by atoms with Crippen LogP contribution in [0.1, 0.15) is 78.3 Å². The maximum Gasteiger partial charge on any atom is 0.251 e. The first kappa shape index (κ1) is 30.4. The van der Waals surface area contributed by atoms with Crippen LogP contribution in [0.3, 0.4) is 0 Å². The van der Waals surface area contributed by atoms with Crippen molar-refractivity contribution >= 4 is 16.7 Å². The molecule has 5 nitrogen and oxygen atoms in total. The van der Waals surface area contributed by atoms with Crippen molar-refractivity contribution in [3.63, 3.8) is 0 Å². The number of pyridine rings is 2. The number of ether oxygens (including phenoxy) is 1. The predicted octanol–water partition coefficient (Wildman–Crippen LogP) is 7.23. The maximum absolute atomic E-state index is 12.8. The summed E-state index contributed by atoms with van der Waals surface area (Å²) < 4.78 is 7.51. The smallest absolute Gasteiger partial charge is 0.251 e. The van der Waals surface area contributed by atoms with Gasteiger partial charge >= 0.3 is 0 Å². The van der Waals surface area contributed by atoms with E-state index in [1.54, 1.807) is 6.07 Å². The van der Waals surface area contributed by atoms with Gasteiger partial charge in [0.1, 0.15) is 0 Å². The molecule has 2 heterocycles. The molecule has 5 heteroatoms. The van der Waals surface area contributed by atoms with E-state index in [-0.39, 0.29) is 23.4 Å². The molecule has 2 aromatic rings. The Hall–Kier alpha value is -2.79. The summed E-state index contributed by atoms with van der Waals surface area (Å²) in [6.45, 7) is 17.1. The quantitative estimate of drug-likeness (QED) is 0.163. The third-order valence-corrected chi connectivity index (χ3v) is 7.00. The zero-order valence-corrected chi connectivity index (χ0v) is 23.4. The lowest BCUT2D eigenvalue weighted by molar-refractivity contribution is -0.119. The molecular weight excluding hydrogens is 460 g/mol. The van der Waals surface area contributed by atoms with E-state index in [0.717, 1.165) is 73.7 Å². The van der Waals surface area contributed by atoms with E-state index in [4.69, 9.17) is 4.74 Å². The number of unbranched alkanes of at least 4 members (excludes halogenated alkanes) is 1. The first-order valence-corrected chi connectivity index (χ1v) is 14.0. The highest BCUT2D eigenvalue weighted by molar-refractivity contribution is 5.91. The van der Waals surface area contributed by atoms with Crippen molar-refractivity contribution in [1.29, 1.82) is 0 Å². The zero-order chi connectivity index (χ0) is 27.2. The number of carbonyl (C=O) groups is 1. The number of nitrogens with zero attached hydrogens (tertiary/aromatic N) is 2. The molecule has 0 N–H and O–H groups in total. The van der Waals surface area contributed by atoms with Crippen LogP contribution in [0.4, 0.5) is 0 Å². The molecule has 0 aliphatic heterocycles. The minimum atomic E-state index is 0.0230. The van der Waals surface area contributed by atoms with Gasteiger partial charge in [0, 0.05) is 48.8 Å². The van der Waals surface area contributed by atoms with E-state index < -0.39 is 0 Å². The molecule has 1 aliphatic rings. The maximum atomic E-state index is 12.8. The minimum absolute atomic E-state index is 0.0230. The van der Waals surface area contributed by atoms with Gasteiger partial charge in [-0.1, -0.05) is 39.2 Å². The lowest BCUT2D eigenvalue weighted by Crippen LogP contribution is -2.24. The Balaban J connectivity index is 0.00000235. The van der Waals surface area contributed by atoms with E-state index in [1.807, 2.05) is 50.6 Å². The van der Waals surface area contributed by atoms with Crippen LogP contribution in [0.2, 0.25) is 0 Å². The predicted molar refractivity (Wildman–Crippen MR) is 155 cm³/mol. The topological polar surface area (TPSA) is 61.2 Å². The van der Waals surface area contributed by atoms with Gasteiger partial charge in [0.25, 0.3) is 5.56 Å². The molecule has 3 rings (SSSR count). The number of fused-ring (bicyclic) bond motifs is 1. The van der Waals surface area contributed by atoms with Crippen LogP contribution in [0.25, 0.3) is 10.9 Å². The van der Waals surface area contributed by atoms with Crippen molar-refractivity contribution in [3.05, 3.63) is 77.4 Å². The van der Waals surface area contributed by atoms with Gasteiger partial charge in [-0.15, -0.1) is 0 Å². The largest absolute Gasteiger partial charge is 0.379 e. The van der Waals surface area contributed by atoms with E-state index in [2.05, 4.69) is 30.3 Å². The van der Waals surface area contributed by atoms with E-state index >= 15 is 0 Å². The molecule has 1 saturated carbocycles. The third-order valence-electron chi connectivity index (χ3n) is 7.00. The Bertz CT molecular complexity index is 1100. The van der Waals surface area contributed by atoms with Crippen LogP contribution in [-0.4, -0.2) is 28.0 Å². The molecule has 1 aliphatic carbocycles. The molecule has 1 fully saturated rings. The lowest BCUT2D eigenvalue weighted by Gasteiger charge is -2.27. The van der Waals surface area contributed by atoms with Crippen LogP contribution < -0.4 is 5.56 Å². The normalized spacial score (nSPS) is 17.8. The highest BCUT2D eigenvalue weighted by atomic mass is 16.5. The summed E-state index contributed by atoms with van der Waals surface area (Å²) in [5.41, 5.74) is 3.03. The molecule has 202 valence electrons. The number of allylic oxidation sites excluding steroid dienone is 4. The zero-order valence-electron chi connectivity index (χ0n) is 23.4.